The minimum Gasteiger partial charge on any atom is -0.490 e. The molecular weight excluding hydrogens is 438 g/mol. The molecule has 0 aromatic heterocycles. The first-order chi connectivity index (χ1) is 17.0. The Morgan fingerprint density at radius 1 is 1.17 bits per heavy atom. The van der Waals surface area contributed by atoms with Crippen LogP contribution in [0.25, 0.3) is 0 Å². The largest absolute Gasteiger partial charge is 0.490 e. The Bertz CT molecular complexity index is 1060. The monoisotopic (exact) mass is 473 g/mol. The van der Waals surface area contributed by atoms with Crippen molar-refractivity contribution in [1.82, 2.24) is 0 Å². The summed E-state index contributed by atoms with van der Waals surface area (Å²) < 4.78 is 18.3. The number of allylic oxidation sites excluding steroid dienone is 5. The SMILES string of the molecule is C=C[C@H]1C=C[C@H]2[C@@H]3C[C@H](C)CC[C@H]3[C@@H]3Oc4ccc(cc4)CC(=O)CC(C#N)=C(OCOC)[C@@H]1[C@H]23. The second-order valence-electron chi connectivity index (χ2n) is 10.7. The van der Waals surface area contributed by atoms with Gasteiger partial charge in [0.1, 0.15) is 23.4 Å². The lowest BCUT2D eigenvalue weighted by molar-refractivity contribution is -0.117. The first kappa shape index (κ1) is 23.9. The van der Waals surface area contributed by atoms with Gasteiger partial charge in [-0.2, -0.15) is 5.26 Å². The average Bonchev–Trinajstić information content (AvgIpc) is 3.17. The Morgan fingerprint density at radius 2 is 1.97 bits per heavy atom. The second-order valence-corrected chi connectivity index (χ2v) is 10.7. The third-order valence-electron chi connectivity index (χ3n) is 8.65. The summed E-state index contributed by atoms with van der Waals surface area (Å²) in [6.07, 6.45) is 10.4. The average molecular weight is 474 g/mol. The van der Waals surface area contributed by atoms with Crippen LogP contribution < -0.4 is 4.74 Å². The van der Waals surface area contributed by atoms with Gasteiger partial charge < -0.3 is 14.2 Å². The molecule has 5 heteroatoms. The molecule has 0 amide bonds. The van der Waals surface area contributed by atoms with Crippen LogP contribution in [0.1, 0.15) is 38.2 Å². The summed E-state index contributed by atoms with van der Waals surface area (Å²) in [6, 6.07) is 10.3. The highest BCUT2D eigenvalue weighted by Crippen LogP contribution is 2.58. The Labute approximate surface area is 208 Å². The van der Waals surface area contributed by atoms with Crippen molar-refractivity contribution in [2.75, 3.05) is 13.9 Å². The van der Waals surface area contributed by atoms with E-state index >= 15 is 0 Å². The van der Waals surface area contributed by atoms with E-state index in [0.29, 0.717) is 35.0 Å². The normalized spacial score (nSPS) is 36.1. The summed E-state index contributed by atoms with van der Waals surface area (Å²) in [5.74, 6) is 3.38. The van der Waals surface area contributed by atoms with Crippen molar-refractivity contribution in [2.24, 2.45) is 41.4 Å². The summed E-state index contributed by atoms with van der Waals surface area (Å²) in [6.45, 7) is 6.51. The fraction of sp³-hybridized carbons (Fsp3) is 0.533. The molecule has 5 nitrogen and oxygen atoms in total. The van der Waals surface area contributed by atoms with Crippen molar-refractivity contribution >= 4 is 5.78 Å². The molecule has 2 fully saturated rings. The van der Waals surface area contributed by atoms with Crippen molar-refractivity contribution in [2.45, 2.75) is 45.1 Å². The van der Waals surface area contributed by atoms with E-state index in [0.717, 1.165) is 17.7 Å². The molecule has 8 atom stereocenters. The van der Waals surface area contributed by atoms with Gasteiger partial charge in [-0.15, -0.1) is 6.58 Å². The van der Waals surface area contributed by atoms with E-state index in [4.69, 9.17) is 14.2 Å². The summed E-state index contributed by atoms with van der Waals surface area (Å²) in [5, 5.41) is 10.2. The number of nitriles is 1. The summed E-state index contributed by atoms with van der Waals surface area (Å²) in [7, 11) is 1.58. The molecule has 2 saturated carbocycles. The first-order valence-corrected chi connectivity index (χ1v) is 12.9. The maximum absolute atomic E-state index is 13.0. The summed E-state index contributed by atoms with van der Waals surface area (Å²) >= 11 is 0. The van der Waals surface area contributed by atoms with Gasteiger partial charge in [-0.3, -0.25) is 4.79 Å². The number of fused-ring (bicyclic) bond motifs is 7. The molecule has 5 aliphatic rings. The maximum atomic E-state index is 13.0. The van der Waals surface area contributed by atoms with E-state index in [1.165, 1.54) is 12.8 Å². The number of hydrogen-bond donors (Lipinski definition) is 0. The van der Waals surface area contributed by atoms with Crippen LogP contribution in [0.4, 0.5) is 0 Å². The lowest BCUT2D eigenvalue weighted by Gasteiger charge is -2.40. The molecule has 0 N–H and O–H groups in total. The molecule has 6 rings (SSSR count). The number of Topliss-reactive ketones (excluding diaryl/α,β-unsaturated/α-hetero) is 1. The molecule has 35 heavy (non-hydrogen) atoms. The second kappa shape index (κ2) is 10.0. The molecule has 1 aromatic rings. The van der Waals surface area contributed by atoms with Crippen LogP contribution in [0.5, 0.6) is 5.75 Å². The predicted molar refractivity (Wildman–Crippen MR) is 133 cm³/mol. The molecule has 3 aliphatic carbocycles. The van der Waals surface area contributed by atoms with Crippen molar-refractivity contribution in [3.05, 3.63) is 66.0 Å². The number of ether oxygens (including phenoxy) is 3. The van der Waals surface area contributed by atoms with Gasteiger partial charge in [0.25, 0.3) is 0 Å². The fourth-order valence-electron chi connectivity index (χ4n) is 7.20. The van der Waals surface area contributed by atoms with Crippen molar-refractivity contribution in [3.63, 3.8) is 0 Å². The topological polar surface area (TPSA) is 68.6 Å². The van der Waals surface area contributed by atoms with E-state index in [-0.39, 0.29) is 49.3 Å². The van der Waals surface area contributed by atoms with Crippen LogP contribution >= 0.6 is 0 Å². The molecular formula is C30H35NO4. The zero-order chi connectivity index (χ0) is 24.5. The van der Waals surface area contributed by atoms with E-state index in [1.807, 2.05) is 30.3 Å². The molecule has 184 valence electrons. The molecule has 0 saturated heterocycles. The Morgan fingerprint density at radius 3 is 2.69 bits per heavy atom. The molecule has 0 radical (unpaired) electrons. The predicted octanol–water partition coefficient (Wildman–Crippen LogP) is 5.63. The smallest absolute Gasteiger partial charge is 0.188 e. The van der Waals surface area contributed by atoms with Crippen LogP contribution in [-0.2, 0) is 20.7 Å². The van der Waals surface area contributed by atoms with Gasteiger partial charge in [-0.1, -0.05) is 43.7 Å². The van der Waals surface area contributed by atoms with Crippen molar-refractivity contribution < 1.29 is 19.0 Å². The van der Waals surface area contributed by atoms with Gasteiger partial charge >= 0.3 is 0 Å². The van der Waals surface area contributed by atoms with E-state index in [9.17, 15) is 10.1 Å². The van der Waals surface area contributed by atoms with Gasteiger partial charge in [-0.25, -0.2) is 0 Å². The number of hydrogen-bond acceptors (Lipinski definition) is 5. The van der Waals surface area contributed by atoms with Gasteiger partial charge in [-0.05, 0) is 54.2 Å². The molecule has 2 bridgehead atoms. The number of ketones is 1. The third kappa shape index (κ3) is 4.45. The Kier molecular flexibility index (Phi) is 6.84. The maximum Gasteiger partial charge on any atom is 0.188 e. The fourth-order valence-corrected chi connectivity index (χ4v) is 7.20. The minimum absolute atomic E-state index is 0.00158. The first-order valence-electron chi connectivity index (χ1n) is 12.9. The van der Waals surface area contributed by atoms with E-state index in [2.05, 4.69) is 31.7 Å². The van der Waals surface area contributed by atoms with E-state index < -0.39 is 0 Å². The number of benzene rings is 1. The zero-order valence-electron chi connectivity index (χ0n) is 20.7. The van der Waals surface area contributed by atoms with Gasteiger partial charge in [0, 0.05) is 37.7 Å². The van der Waals surface area contributed by atoms with Crippen LogP contribution in [-0.4, -0.2) is 25.8 Å². The van der Waals surface area contributed by atoms with Crippen LogP contribution in [0.2, 0.25) is 0 Å². The molecule has 2 heterocycles. The van der Waals surface area contributed by atoms with Gasteiger partial charge in [0.05, 0.1) is 11.6 Å². The molecule has 0 unspecified atom stereocenters. The minimum atomic E-state index is -0.134. The van der Waals surface area contributed by atoms with E-state index in [1.54, 1.807) is 7.11 Å². The highest BCUT2D eigenvalue weighted by molar-refractivity contribution is 5.84. The number of methoxy groups -OCH3 is 1. The molecule has 2 aliphatic heterocycles. The lowest BCUT2D eigenvalue weighted by atomic mass is 9.67. The number of carbonyl (C=O) groups excluding carboxylic acids is 1. The van der Waals surface area contributed by atoms with Crippen molar-refractivity contribution in [3.8, 4) is 11.8 Å². The summed E-state index contributed by atoms with van der Waals surface area (Å²) in [5.41, 5.74) is 1.32. The molecule has 0 spiro atoms. The number of nitrogens with zero attached hydrogens (tertiary/aromatic N) is 1. The highest BCUT2D eigenvalue weighted by atomic mass is 16.7. The zero-order valence-corrected chi connectivity index (χ0v) is 20.7. The molecule has 1 aromatic carbocycles. The van der Waals surface area contributed by atoms with Crippen LogP contribution in [0.15, 0.2) is 60.4 Å². The Balaban J connectivity index is 1.69. The van der Waals surface area contributed by atoms with Crippen LogP contribution in [0, 0.1) is 52.8 Å². The van der Waals surface area contributed by atoms with Gasteiger partial charge in [0.2, 0.25) is 0 Å². The standard InChI is InChI=1S/C30H35NO4/c1-4-20-8-12-24-26-13-18(2)5-11-25(26)30-28(24)27(20)29(34-17-33-3)21(16-31)15-22(32)14-19-6-9-23(35-30)10-7-19/h4,6-10,12,18,20,24-28,30H,1,5,11,13-15,17H2,2-3H3/t18-,20+,24+,25-,26+,27+,28+,30+/m1/s1. The number of carbonyl (C=O) groups is 1. The quantitative estimate of drug-likeness (QED) is 0.418. The van der Waals surface area contributed by atoms with Gasteiger partial charge in [0.15, 0.2) is 6.79 Å². The third-order valence-corrected chi connectivity index (χ3v) is 8.65. The van der Waals surface area contributed by atoms with Crippen molar-refractivity contribution in [1.29, 1.82) is 5.26 Å². The summed E-state index contributed by atoms with van der Waals surface area (Å²) in [4.78, 5) is 13.0. The highest BCUT2D eigenvalue weighted by Gasteiger charge is 2.58. The Hall–Kier alpha value is -2.84. The number of rotatable bonds is 4. The van der Waals surface area contributed by atoms with Crippen LogP contribution in [0.3, 0.4) is 0 Å². The lowest BCUT2D eigenvalue weighted by Crippen LogP contribution is -2.40.